The molecule has 2 rings (SSSR count). The Kier molecular flexibility index (Phi) is 3.41. The maximum Gasteiger partial charge on any atom is 0.128 e. The number of aliphatic hydroxyl groups excluding tert-OH is 2. The first-order valence-electron chi connectivity index (χ1n) is 5.65. The molecule has 0 radical (unpaired) electrons. The molecule has 0 saturated heterocycles. The summed E-state index contributed by atoms with van der Waals surface area (Å²) in [6.45, 7) is 0.892. The van der Waals surface area contributed by atoms with Crippen LogP contribution in [0.5, 0.6) is 0 Å². The van der Waals surface area contributed by atoms with Crippen LogP contribution >= 0.6 is 0 Å². The minimum Gasteiger partial charge on any atom is -0.393 e. The molecule has 4 nitrogen and oxygen atoms in total. The fourth-order valence-electron chi connectivity index (χ4n) is 2.10. The van der Waals surface area contributed by atoms with E-state index in [0.717, 1.165) is 25.2 Å². The van der Waals surface area contributed by atoms with Crippen LogP contribution in [-0.4, -0.2) is 34.9 Å². The lowest BCUT2D eigenvalue weighted by atomic mass is 9.82. The van der Waals surface area contributed by atoms with Crippen LogP contribution in [0, 0.1) is 5.92 Å². The van der Waals surface area contributed by atoms with E-state index in [1.807, 2.05) is 25.2 Å². The van der Waals surface area contributed by atoms with Gasteiger partial charge in [0, 0.05) is 13.6 Å². The van der Waals surface area contributed by atoms with Gasteiger partial charge < -0.3 is 15.1 Å². The van der Waals surface area contributed by atoms with Crippen LogP contribution in [-0.2, 0) is 6.61 Å². The summed E-state index contributed by atoms with van der Waals surface area (Å²) in [7, 11) is 1.99. The predicted molar refractivity (Wildman–Crippen MR) is 62.2 cm³/mol. The molecule has 0 bridgehead atoms. The molecule has 88 valence electrons. The van der Waals surface area contributed by atoms with Crippen molar-refractivity contribution in [3.8, 4) is 0 Å². The summed E-state index contributed by atoms with van der Waals surface area (Å²) in [5.41, 5.74) is 0.693. The second-order valence-corrected chi connectivity index (χ2v) is 4.52. The van der Waals surface area contributed by atoms with E-state index in [2.05, 4.69) is 9.88 Å². The molecule has 0 aromatic carbocycles. The third-order valence-electron chi connectivity index (χ3n) is 3.09. The monoisotopic (exact) mass is 222 g/mol. The Bertz CT molecular complexity index is 351. The van der Waals surface area contributed by atoms with Crippen molar-refractivity contribution in [1.82, 2.24) is 4.98 Å². The molecule has 1 aliphatic carbocycles. The van der Waals surface area contributed by atoms with Crippen LogP contribution in [0.2, 0.25) is 0 Å². The summed E-state index contributed by atoms with van der Waals surface area (Å²) in [4.78, 5) is 6.41. The van der Waals surface area contributed by atoms with Crippen LogP contribution in [0.25, 0.3) is 0 Å². The molecule has 4 heteroatoms. The average molecular weight is 222 g/mol. The highest BCUT2D eigenvalue weighted by Crippen LogP contribution is 2.28. The van der Waals surface area contributed by atoms with Gasteiger partial charge in [-0.2, -0.15) is 0 Å². The molecule has 0 atom stereocenters. The zero-order chi connectivity index (χ0) is 11.5. The lowest BCUT2D eigenvalue weighted by Gasteiger charge is -2.34. The molecule has 16 heavy (non-hydrogen) atoms. The highest BCUT2D eigenvalue weighted by atomic mass is 16.3. The molecule has 1 fully saturated rings. The first kappa shape index (κ1) is 11.4. The summed E-state index contributed by atoms with van der Waals surface area (Å²) < 4.78 is 0. The Labute approximate surface area is 95.5 Å². The second kappa shape index (κ2) is 4.80. The van der Waals surface area contributed by atoms with Gasteiger partial charge in [0.1, 0.15) is 5.82 Å². The maximum atomic E-state index is 9.22. The number of hydrogen-bond donors (Lipinski definition) is 2. The number of pyridine rings is 1. The van der Waals surface area contributed by atoms with E-state index < -0.39 is 0 Å². The van der Waals surface area contributed by atoms with E-state index in [9.17, 15) is 5.11 Å². The molecular weight excluding hydrogens is 204 g/mol. The van der Waals surface area contributed by atoms with Crippen molar-refractivity contribution in [3.05, 3.63) is 23.9 Å². The predicted octanol–water partition coefficient (Wildman–Crippen LogP) is 0.781. The van der Waals surface area contributed by atoms with Gasteiger partial charge in [-0.3, -0.25) is 0 Å². The zero-order valence-corrected chi connectivity index (χ0v) is 9.50. The minimum atomic E-state index is -0.102. The van der Waals surface area contributed by atoms with Gasteiger partial charge in [0.25, 0.3) is 0 Å². The Morgan fingerprint density at radius 1 is 1.44 bits per heavy atom. The lowest BCUT2D eigenvalue weighted by molar-refractivity contribution is 0.0464. The highest BCUT2D eigenvalue weighted by Gasteiger charge is 2.28. The van der Waals surface area contributed by atoms with Crippen molar-refractivity contribution in [1.29, 1.82) is 0 Å². The number of aliphatic hydroxyl groups is 2. The number of anilines is 1. The molecule has 0 spiro atoms. The van der Waals surface area contributed by atoms with Gasteiger partial charge in [0.05, 0.1) is 18.4 Å². The van der Waals surface area contributed by atoms with Crippen LogP contribution in [0.3, 0.4) is 0 Å². The van der Waals surface area contributed by atoms with E-state index >= 15 is 0 Å². The third-order valence-corrected chi connectivity index (χ3v) is 3.09. The van der Waals surface area contributed by atoms with Crippen LogP contribution < -0.4 is 4.90 Å². The number of hydrogen-bond acceptors (Lipinski definition) is 4. The summed E-state index contributed by atoms with van der Waals surface area (Å²) in [5, 5.41) is 18.2. The van der Waals surface area contributed by atoms with Gasteiger partial charge >= 0.3 is 0 Å². The van der Waals surface area contributed by atoms with Gasteiger partial charge in [-0.1, -0.05) is 6.07 Å². The smallest absolute Gasteiger partial charge is 0.128 e. The molecule has 1 aromatic rings. The number of rotatable bonds is 4. The summed E-state index contributed by atoms with van der Waals surface area (Å²) in [6.07, 6.45) is 1.68. The van der Waals surface area contributed by atoms with Crippen LogP contribution in [0.1, 0.15) is 18.5 Å². The Balaban J connectivity index is 1.94. The standard InChI is InChI=1S/C12H18N2O2/c1-14(7-9-5-11(16)6-9)12-4-2-3-10(8-15)13-12/h2-4,9,11,15-16H,5-8H2,1H3. The molecule has 1 aromatic heterocycles. The van der Waals surface area contributed by atoms with Gasteiger partial charge in [0.2, 0.25) is 0 Å². The minimum absolute atomic E-state index is 0.0240. The molecule has 0 amide bonds. The van der Waals surface area contributed by atoms with Crippen molar-refractivity contribution in [2.45, 2.75) is 25.6 Å². The van der Waals surface area contributed by atoms with Gasteiger partial charge in [-0.15, -0.1) is 0 Å². The first-order valence-corrected chi connectivity index (χ1v) is 5.65. The van der Waals surface area contributed by atoms with E-state index in [-0.39, 0.29) is 12.7 Å². The number of nitrogens with zero attached hydrogens (tertiary/aromatic N) is 2. The van der Waals surface area contributed by atoms with Crippen molar-refractivity contribution in [2.24, 2.45) is 5.92 Å². The SMILES string of the molecule is CN(CC1CC(O)C1)c1cccc(CO)n1. The van der Waals surface area contributed by atoms with Crippen molar-refractivity contribution in [2.75, 3.05) is 18.5 Å². The molecule has 0 unspecified atom stereocenters. The molecule has 0 aliphatic heterocycles. The largest absolute Gasteiger partial charge is 0.393 e. The lowest BCUT2D eigenvalue weighted by Crippen LogP contribution is -2.37. The van der Waals surface area contributed by atoms with Crippen LogP contribution in [0.4, 0.5) is 5.82 Å². The molecule has 2 N–H and O–H groups in total. The average Bonchev–Trinajstić information content (AvgIpc) is 2.27. The maximum absolute atomic E-state index is 9.22. The highest BCUT2D eigenvalue weighted by molar-refractivity contribution is 5.38. The van der Waals surface area contributed by atoms with Crippen molar-refractivity contribution >= 4 is 5.82 Å². The first-order chi connectivity index (χ1) is 7.69. The van der Waals surface area contributed by atoms with E-state index in [1.54, 1.807) is 0 Å². The van der Waals surface area contributed by atoms with E-state index in [1.165, 1.54) is 0 Å². The van der Waals surface area contributed by atoms with E-state index in [0.29, 0.717) is 11.6 Å². The summed E-state index contributed by atoms with van der Waals surface area (Å²) >= 11 is 0. The Morgan fingerprint density at radius 3 is 2.81 bits per heavy atom. The molecule has 1 saturated carbocycles. The summed E-state index contributed by atoms with van der Waals surface area (Å²) in [6, 6.07) is 5.65. The van der Waals surface area contributed by atoms with Gasteiger partial charge in [-0.25, -0.2) is 4.98 Å². The quantitative estimate of drug-likeness (QED) is 0.790. The normalized spacial score (nSPS) is 23.9. The Morgan fingerprint density at radius 2 is 2.19 bits per heavy atom. The fourth-order valence-corrected chi connectivity index (χ4v) is 2.10. The topological polar surface area (TPSA) is 56.6 Å². The van der Waals surface area contributed by atoms with Crippen molar-refractivity contribution in [3.63, 3.8) is 0 Å². The van der Waals surface area contributed by atoms with Gasteiger partial charge in [0.15, 0.2) is 0 Å². The van der Waals surface area contributed by atoms with E-state index in [4.69, 9.17) is 5.11 Å². The zero-order valence-electron chi connectivity index (χ0n) is 9.50. The second-order valence-electron chi connectivity index (χ2n) is 4.52. The van der Waals surface area contributed by atoms with Crippen LogP contribution in [0.15, 0.2) is 18.2 Å². The number of aromatic nitrogens is 1. The fraction of sp³-hybridized carbons (Fsp3) is 0.583. The molecule has 1 aliphatic rings. The van der Waals surface area contributed by atoms with Gasteiger partial charge in [-0.05, 0) is 30.9 Å². The molecule has 1 heterocycles. The third kappa shape index (κ3) is 2.51. The molecular formula is C12H18N2O2. The summed E-state index contributed by atoms with van der Waals surface area (Å²) in [5.74, 6) is 1.45. The Hall–Kier alpha value is -1.13. The van der Waals surface area contributed by atoms with Crippen molar-refractivity contribution < 1.29 is 10.2 Å².